The van der Waals surface area contributed by atoms with Crippen LogP contribution in [0.5, 0.6) is 0 Å². The summed E-state index contributed by atoms with van der Waals surface area (Å²) in [5.74, 6) is 0. The Kier molecular flexibility index (Phi) is 4.09. The van der Waals surface area contributed by atoms with E-state index in [1.54, 1.807) is 32.0 Å². The summed E-state index contributed by atoms with van der Waals surface area (Å²) in [4.78, 5) is 0. The average molecular weight is 257 g/mol. The largest absolute Gasteiger partial charge is 0.251 e. The second-order valence-corrected chi connectivity index (χ2v) is 6.28. The molecule has 0 radical (unpaired) electrons. The van der Waals surface area contributed by atoms with Crippen LogP contribution in [0.25, 0.3) is 0 Å². The molecule has 0 aliphatic rings. The van der Waals surface area contributed by atoms with E-state index in [4.69, 9.17) is 22.0 Å². The van der Waals surface area contributed by atoms with Gasteiger partial charge in [0.15, 0.2) is 0 Å². The number of hydrogen-bond acceptors (Lipinski definition) is 2. The van der Waals surface area contributed by atoms with Gasteiger partial charge in [0, 0.05) is 5.02 Å². The minimum Gasteiger partial charge on any atom is -0.251 e. The van der Waals surface area contributed by atoms with Crippen LogP contribution in [-0.2, 0) is 17.4 Å². The SMILES string of the molecule is CC(C)(Cc1ccc(Cl)cc1C#N)S(N)=O. The third kappa shape index (κ3) is 3.05. The first kappa shape index (κ1) is 13.2. The Balaban J connectivity index is 3.08. The number of hydrogen-bond donors (Lipinski definition) is 1. The van der Waals surface area contributed by atoms with Crippen molar-refractivity contribution in [2.45, 2.75) is 25.0 Å². The molecule has 0 fully saturated rings. The highest BCUT2D eigenvalue weighted by Gasteiger charge is 2.25. The van der Waals surface area contributed by atoms with Crippen LogP contribution in [0.1, 0.15) is 25.0 Å². The van der Waals surface area contributed by atoms with Crippen molar-refractivity contribution < 1.29 is 4.21 Å². The van der Waals surface area contributed by atoms with Gasteiger partial charge in [-0.3, -0.25) is 5.14 Å². The molecule has 2 N–H and O–H groups in total. The fourth-order valence-corrected chi connectivity index (χ4v) is 1.81. The van der Waals surface area contributed by atoms with Gasteiger partial charge < -0.3 is 0 Å². The number of nitrogens with zero attached hydrogens (tertiary/aromatic N) is 1. The second kappa shape index (κ2) is 4.96. The first-order valence-electron chi connectivity index (χ1n) is 4.71. The van der Waals surface area contributed by atoms with E-state index >= 15 is 0 Å². The van der Waals surface area contributed by atoms with E-state index in [-0.39, 0.29) is 0 Å². The van der Waals surface area contributed by atoms with Gasteiger partial charge in [-0.05, 0) is 38.0 Å². The van der Waals surface area contributed by atoms with Gasteiger partial charge in [-0.1, -0.05) is 17.7 Å². The molecule has 0 spiro atoms. The predicted octanol–water partition coefficient (Wildman–Crippen LogP) is 2.16. The third-order valence-electron chi connectivity index (χ3n) is 2.35. The summed E-state index contributed by atoms with van der Waals surface area (Å²) < 4.78 is 10.8. The maximum Gasteiger partial charge on any atom is 0.0995 e. The number of benzene rings is 1. The van der Waals surface area contributed by atoms with Crippen molar-refractivity contribution in [3.05, 3.63) is 34.3 Å². The third-order valence-corrected chi connectivity index (χ3v) is 3.82. The predicted molar refractivity (Wildman–Crippen MR) is 66.3 cm³/mol. The van der Waals surface area contributed by atoms with Crippen molar-refractivity contribution in [2.24, 2.45) is 5.14 Å². The summed E-state index contributed by atoms with van der Waals surface area (Å²) in [5, 5.41) is 14.9. The van der Waals surface area contributed by atoms with E-state index in [0.29, 0.717) is 17.0 Å². The van der Waals surface area contributed by atoms with Crippen molar-refractivity contribution in [3.63, 3.8) is 0 Å². The molecule has 0 saturated carbocycles. The van der Waals surface area contributed by atoms with E-state index in [1.165, 1.54) is 0 Å². The number of nitrogens with two attached hydrogens (primary N) is 1. The summed E-state index contributed by atoms with van der Waals surface area (Å²) in [7, 11) is -1.43. The Morgan fingerprint density at radius 2 is 2.19 bits per heavy atom. The molecule has 0 bridgehead atoms. The summed E-state index contributed by atoms with van der Waals surface area (Å²) in [6, 6.07) is 7.17. The molecule has 1 aromatic rings. The summed E-state index contributed by atoms with van der Waals surface area (Å²) >= 11 is 5.79. The molecule has 0 saturated heterocycles. The molecule has 0 aliphatic carbocycles. The van der Waals surface area contributed by atoms with E-state index < -0.39 is 15.7 Å². The maximum atomic E-state index is 11.3. The molecule has 5 heteroatoms. The highest BCUT2D eigenvalue weighted by molar-refractivity contribution is 7.84. The summed E-state index contributed by atoms with van der Waals surface area (Å²) in [6.45, 7) is 3.61. The van der Waals surface area contributed by atoms with Gasteiger partial charge in [0.2, 0.25) is 0 Å². The van der Waals surface area contributed by atoms with Gasteiger partial charge >= 0.3 is 0 Å². The topological polar surface area (TPSA) is 66.9 Å². The molecular formula is C11H13ClN2OS. The van der Waals surface area contributed by atoms with E-state index in [1.807, 2.05) is 0 Å². The highest BCUT2D eigenvalue weighted by Crippen LogP contribution is 2.22. The smallest absolute Gasteiger partial charge is 0.0995 e. The zero-order valence-corrected chi connectivity index (χ0v) is 10.7. The monoisotopic (exact) mass is 256 g/mol. The van der Waals surface area contributed by atoms with Crippen LogP contribution in [0.2, 0.25) is 5.02 Å². The van der Waals surface area contributed by atoms with Gasteiger partial charge in [-0.25, -0.2) is 4.21 Å². The fraction of sp³-hybridized carbons (Fsp3) is 0.364. The van der Waals surface area contributed by atoms with E-state index in [9.17, 15) is 4.21 Å². The Labute approximate surface area is 103 Å². The van der Waals surface area contributed by atoms with Crippen molar-refractivity contribution >= 4 is 22.6 Å². The van der Waals surface area contributed by atoms with Gasteiger partial charge in [-0.2, -0.15) is 5.26 Å². The Hall–Kier alpha value is -0.890. The van der Waals surface area contributed by atoms with Gasteiger partial charge in [0.05, 0.1) is 27.4 Å². The van der Waals surface area contributed by atoms with Crippen LogP contribution in [-0.4, -0.2) is 8.96 Å². The summed E-state index contributed by atoms with van der Waals surface area (Å²) in [5.41, 5.74) is 1.32. The van der Waals surface area contributed by atoms with Crippen LogP contribution in [0.3, 0.4) is 0 Å². The van der Waals surface area contributed by atoms with Crippen molar-refractivity contribution in [2.75, 3.05) is 0 Å². The molecule has 16 heavy (non-hydrogen) atoms. The standard InChI is InChI=1S/C11H13ClN2OS/c1-11(2,16(14)15)6-8-3-4-10(12)5-9(8)7-13/h3-5H,6,14H2,1-2H3. The molecule has 0 amide bonds. The highest BCUT2D eigenvalue weighted by atomic mass is 35.5. The molecule has 3 nitrogen and oxygen atoms in total. The Morgan fingerprint density at radius 1 is 1.56 bits per heavy atom. The lowest BCUT2D eigenvalue weighted by Crippen LogP contribution is -2.34. The number of halogens is 1. The lowest BCUT2D eigenvalue weighted by Gasteiger charge is -2.21. The molecule has 0 heterocycles. The van der Waals surface area contributed by atoms with Crippen LogP contribution in [0.4, 0.5) is 0 Å². The first-order chi connectivity index (χ1) is 7.36. The minimum absolute atomic E-state index is 0.482. The van der Waals surface area contributed by atoms with Crippen molar-refractivity contribution in [1.29, 1.82) is 5.26 Å². The molecule has 1 rings (SSSR count). The molecular weight excluding hydrogens is 244 g/mol. The maximum absolute atomic E-state index is 11.3. The Morgan fingerprint density at radius 3 is 2.69 bits per heavy atom. The molecule has 0 aliphatic heterocycles. The zero-order chi connectivity index (χ0) is 12.3. The first-order valence-corrected chi connectivity index (χ1v) is 6.31. The van der Waals surface area contributed by atoms with Gasteiger partial charge in [-0.15, -0.1) is 0 Å². The van der Waals surface area contributed by atoms with Crippen molar-refractivity contribution in [1.82, 2.24) is 0 Å². The minimum atomic E-state index is -1.43. The quantitative estimate of drug-likeness (QED) is 0.901. The molecule has 1 atom stereocenters. The van der Waals surface area contributed by atoms with Gasteiger partial charge in [0.1, 0.15) is 0 Å². The van der Waals surface area contributed by atoms with Gasteiger partial charge in [0.25, 0.3) is 0 Å². The molecule has 1 aromatic carbocycles. The number of rotatable bonds is 3. The number of nitriles is 1. The van der Waals surface area contributed by atoms with Crippen LogP contribution in [0, 0.1) is 11.3 Å². The molecule has 1 unspecified atom stereocenters. The normalized spacial score (nSPS) is 13.2. The van der Waals surface area contributed by atoms with Crippen LogP contribution >= 0.6 is 11.6 Å². The molecule has 0 aromatic heterocycles. The zero-order valence-electron chi connectivity index (χ0n) is 9.16. The summed E-state index contributed by atoms with van der Waals surface area (Å²) in [6.07, 6.45) is 0.482. The second-order valence-electron chi connectivity index (χ2n) is 4.15. The average Bonchev–Trinajstić information content (AvgIpc) is 2.20. The van der Waals surface area contributed by atoms with E-state index in [2.05, 4.69) is 6.07 Å². The lowest BCUT2D eigenvalue weighted by molar-refractivity contribution is 0.624. The van der Waals surface area contributed by atoms with Crippen molar-refractivity contribution in [3.8, 4) is 6.07 Å². The van der Waals surface area contributed by atoms with Crippen LogP contribution < -0.4 is 5.14 Å². The Bertz CT molecular complexity index is 466. The van der Waals surface area contributed by atoms with Crippen LogP contribution in [0.15, 0.2) is 18.2 Å². The molecule has 86 valence electrons. The fourth-order valence-electron chi connectivity index (χ4n) is 1.34. The lowest BCUT2D eigenvalue weighted by atomic mass is 9.98. The van der Waals surface area contributed by atoms with E-state index in [0.717, 1.165) is 5.56 Å².